The number of carboxylic acids is 1. The number of carboxylic acid groups (broad SMARTS) is 1. The smallest absolute Gasteiger partial charge is 0.335 e. The number of aryl methyl sites for hydroxylation is 1. The van der Waals surface area contributed by atoms with Crippen molar-refractivity contribution in [2.45, 2.75) is 32.7 Å². The van der Waals surface area contributed by atoms with Crippen molar-refractivity contribution in [3.05, 3.63) is 64.5 Å². The van der Waals surface area contributed by atoms with Gasteiger partial charge in [0.05, 0.1) is 11.6 Å². The molecule has 0 spiro atoms. The van der Waals surface area contributed by atoms with Crippen molar-refractivity contribution < 1.29 is 14.7 Å². The number of aromatic nitrogens is 1. The van der Waals surface area contributed by atoms with E-state index in [1.165, 1.54) is 29.5 Å². The third-order valence-corrected chi connectivity index (χ3v) is 4.75. The number of aromatic carboxylic acids is 1. The molecule has 1 fully saturated rings. The van der Waals surface area contributed by atoms with Gasteiger partial charge in [0.2, 0.25) is 0 Å². The lowest BCUT2D eigenvalue weighted by Gasteiger charge is -2.26. The topological polar surface area (TPSA) is 70.5 Å². The van der Waals surface area contributed by atoms with Crippen LogP contribution in [-0.2, 0) is 0 Å². The maximum Gasteiger partial charge on any atom is 0.335 e. The van der Waals surface area contributed by atoms with Crippen LogP contribution in [0.3, 0.4) is 0 Å². The third kappa shape index (κ3) is 2.89. The standard InChI is InChI=1S/C19H20N2O3/c1-12-5-3-6-15(13(12)2)17-7-4-10-21(17)18(22)16-11-14(19(23)24)8-9-20-16/h3,5-6,8-9,11,17H,4,7,10H2,1-2H3,(H,23,24). The second kappa shape index (κ2) is 6.43. The predicted molar refractivity (Wildman–Crippen MR) is 90.1 cm³/mol. The molecule has 1 N–H and O–H groups in total. The van der Waals surface area contributed by atoms with Crippen LogP contribution in [0.25, 0.3) is 0 Å². The molecule has 1 amide bonds. The second-order valence-electron chi connectivity index (χ2n) is 6.18. The summed E-state index contributed by atoms with van der Waals surface area (Å²) in [6.45, 7) is 4.81. The molecule has 1 saturated heterocycles. The van der Waals surface area contributed by atoms with E-state index in [9.17, 15) is 9.59 Å². The van der Waals surface area contributed by atoms with Gasteiger partial charge in [0.1, 0.15) is 5.69 Å². The Morgan fingerprint density at radius 2 is 2.04 bits per heavy atom. The average molecular weight is 324 g/mol. The SMILES string of the molecule is Cc1cccc(C2CCCN2C(=O)c2cc(C(=O)O)ccn2)c1C. The molecule has 5 nitrogen and oxygen atoms in total. The number of rotatable bonds is 3. The molecule has 124 valence electrons. The minimum atomic E-state index is -1.06. The van der Waals surface area contributed by atoms with E-state index in [-0.39, 0.29) is 23.2 Å². The fourth-order valence-electron chi connectivity index (χ4n) is 3.30. The van der Waals surface area contributed by atoms with Crippen LogP contribution in [0.1, 0.15) is 56.4 Å². The zero-order valence-electron chi connectivity index (χ0n) is 13.8. The zero-order valence-corrected chi connectivity index (χ0v) is 13.8. The van der Waals surface area contributed by atoms with Gasteiger partial charge in [0.25, 0.3) is 5.91 Å². The molecule has 0 bridgehead atoms. The Morgan fingerprint density at radius 3 is 2.79 bits per heavy atom. The van der Waals surface area contributed by atoms with E-state index in [0.29, 0.717) is 6.54 Å². The molecular formula is C19H20N2O3. The first-order valence-corrected chi connectivity index (χ1v) is 8.05. The zero-order chi connectivity index (χ0) is 17.3. The van der Waals surface area contributed by atoms with Gasteiger partial charge in [0.15, 0.2) is 0 Å². The molecule has 1 aromatic carbocycles. The highest BCUT2D eigenvalue weighted by atomic mass is 16.4. The third-order valence-electron chi connectivity index (χ3n) is 4.75. The fourth-order valence-corrected chi connectivity index (χ4v) is 3.30. The van der Waals surface area contributed by atoms with E-state index < -0.39 is 5.97 Å². The number of nitrogens with zero attached hydrogens (tertiary/aromatic N) is 2. The molecule has 24 heavy (non-hydrogen) atoms. The van der Waals surface area contributed by atoms with Crippen LogP contribution in [0.15, 0.2) is 36.5 Å². The van der Waals surface area contributed by atoms with E-state index in [4.69, 9.17) is 5.11 Å². The van der Waals surface area contributed by atoms with Crippen molar-refractivity contribution in [2.75, 3.05) is 6.54 Å². The second-order valence-corrected chi connectivity index (χ2v) is 6.18. The molecule has 1 atom stereocenters. The van der Waals surface area contributed by atoms with Gasteiger partial charge in [-0.05, 0) is 55.5 Å². The summed E-state index contributed by atoms with van der Waals surface area (Å²) in [5, 5.41) is 9.10. The van der Waals surface area contributed by atoms with Crippen LogP contribution in [0.4, 0.5) is 0 Å². The number of pyridine rings is 1. The number of likely N-dealkylation sites (tertiary alicyclic amines) is 1. The Kier molecular flexibility index (Phi) is 4.34. The molecule has 1 unspecified atom stereocenters. The number of benzene rings is 1. The van der Waals surface area contributed by atoms with Crippen LogP contribution in [0.5, 0.6) is 0 Å². The van der Waals surface area contributed by atoms with E-state index in [0.717, 1.165) is 18.4 Å². The lowest BCUT2D eigenvalue weighted by atomic mass is 9.96. The van der Waals surface area contributed by atoms with Crippen LogP contribution in [0.2, 0.25) is 0 Å². The van der Waals surface area contributed by atoms with Gasteiger partial charge in [-0.1, -0.05) is 18.2 Å². The molecule has 0 radical (unpaired) electrons. The molecule has 2 aromatic rings. The van der Waals surface area contributed by atoms with Gasteiger partial charge in [-0.3, -0.25) is 9.78 Å². The van der Waals surface area contributed by atoms with E-state index in [1.54, 1.807) is 0 Å². The normalized spacial score (nSPS) is 17.1. The molecule has 1 aliphatic heterocycles. The summed E-state index contributed by atoms with van der Waals surface area (Å²) < 4.78 is 0. The quantitative estimate of drug-likeness (QED) is 0.939. The summed E-state index contributed by atoms with van der Waals surface area (Å²) in [6.07, 6.45) is 3.22. The van der Waals surface area contributed by atoms with Gasteiger partial charge in [-0.2, -0.15) is 0 Å². The molecule has 5 heteroatoms. The van der Waals surface area contributed by atoms with Gasteiger partial charge in [-0.15, -0.1) is 0 Å². The van der Waals surface area contributed by atoms with E-state index >= 15 is 0 Å². The monoisotopic (exact) mass is 324 g/mol. The predicted octanol–water partition coefficient (Wildman–Crippen LogP) is 3.37. The molecule has 1 aliphatic rings. The van der Waals surface area contributed by atoms with Gasteiger partial charge in [-0.25, -0.2) is 4.79 Å². The van der Waals surface area contributed by atoms with Crippen molar-refractivity contribution >= 4 is 11.9 Å². The first-order valence-electron chi connectivity index (χ1n) is 8.05. The first kappa shape index (κ1) is 16.2. The van der Waals surface area contributed by atoms with Crippen molar-refractivity contribution in [3.63, 3.8) is 0 Å². The average Bonchev–Trinajstić information content (AvgIpc) is 3.06. The fraction of sp³-hybridized carbons (Fsp3) is 0.316. The summed E-state index contributed by atoms with van der Waals surface area (Å²) in [4.78, 5) is 29.9. The van der Waals surface area contributed by atoms with Gasteiger partial charge < -0.3 is 10.0 Å². The lowest BCUT2D eigenvalue weighted by Crippen LogP contribution is -2.31. The van der Waals surface area contributed by atoms with E-state index in [1.807, 2.05) is 11.0 Å². The molecule has 3 rings (SSSR count). The molecule has 0 aliphatic carbocycles. The van der Waals surface area contributed by atoms with Crippen molar-refractivity contribution in [3.8, 4) is 0 Å². The Bertz CT molecular complexity index is 801. The molecule has 0 saturated carbocycles. The number of carbonyl (C=O) groups excluding carboxylic acids is 1. The number of hydrogen-bond donors (Lipinski definition) is 1. The Balaban J connectivity index is 1.93. The highest BCUT2D eigenvalue weighted by molar-refractivity contribution is 5.96. The number of carbonyl (C=O) groups is 2. The van der Waals surface area contributed by atoms with Crippen LogP contribution >= 0.6 is 0 Å². The maximum atomic E-state index is 12.9. The minimum absolute atomic E-state index is 0.0210. The van der Waals surface area contributed by atoms with Crippen molar-refractivity contribution in [2.24, 2.45) is 0 Å². The maximum absolute atomic E-state index is 12.9. The number of amides is 1. The summed E-state index contributed by atoms with van der Waals surface area (Å²) >= 11 is 0. The van der Waals surface area contributed by atoms with Crippen LogP contribution in [-0.4, -0.2) is 33.4 Å². The van der Waals surface area contributed by atoms with Crippen LogP contribution in [0, 0.1) is 13.8 Å². The lowest BCUT2D eigenvalue weighted by molar-refractivity contribution is 0.0696. The molecular weight excluding hydrogens is 304 g/mol. The Morgan fingerprint density at radius 1 is 1.25 bits per heavy atom. The Labute approximate surface area is 140 Å². The summed E-state index contributed by atoms with van der Waals surface area (Å²) in [7, 11) is 0. The summed E-state index contributed by atoms with van der Waals surface area (Å²) in [5.41, 5.74) is 3.84. The molecule has 1 aromatic heterocycles. The van der Waals surface area contributed by atoms with Crippen molar-refractivity contribution in [1.29, 1.82) is 0 Å². The van der Waals surface area contributed by atoms with Crippen molar-refractivity contribution in [1.82, 2.24) is 9.88 Å². The van der Waals surface area contributed by atoms with Gasteiger partial charge in [0, 0.05) is 12.7 Å². The van der Waals surface area contributed by atoms with E-state index in [2.05, 4.69) is 31.0 Å². The number of hydrogen-bond acceptors (Lipinski definition) is 3. The summed E-state index contributed by atoms with van der Waals surface area (Å²) in [5.74, 6) is -1.26. The molecule has 2 heterocycles. The van der Waals surface area contributed by atoms with Crippen LogP contribution < -0.4 is 0 Å². The highest BCUT2D eigenvalue weighted by Crippen LogP contribution is 2.35. The Hall–Kier alpha value is -2.69. The largest absolute Gasteiger partial charge is 0.478 e. The van der Waals surface area contributed by atoms with Gasteiger partial charge >= 0.3 is 5.97 Å². The highest BCUT2D eigenvalue weighted by Gasteiger charge is 2.32. The summed E-state index contributed by atoms with van der Waals surface area (Å²) in [6, 6.07) is 8.92. The first-order chi connectivity index (χ1) is 11.5. The minimum Gasteiger partial charge on any atom is -0.478 e.